The Labute approximate surface area is 78.2 Å². The van der Waals surface area contributed by atoms with Gasteiger partial charge in [0.05, 0.1) is 0 Å². The average molecular weight is 177 g/mol. The summed E-state index contributed by atoms with van der Waals surface area (Å²) in [6.07, 6.45) is 7.51. The van der Waals surface area contributed by atoms with Crippen molar-refractivity contribution in [2.24, 2.45) is 18.9 Å². The van der Waals surface area contributed by atoms with Crippen molar-refractivity contribution in [3.8, 4) is 0 Å². The Morgan fingerprint density at radius 2 is 2.00 bits per heavy atom. The predicted molar refractivity (Wildman–Crippen MR) is 49.2 cm³/mol. The molecule has 70 valence electrons. The van der Waals surface area contributed by atoms with Gasteiger partial charge in [-0.25, -0.2) is 0 Å². The number of hydrogen-bond acceptors (Lipinski definition) is 2. The van der Waals surface area contributed by atoms with Gasteiger partial charge in [0.25, 0.3) is 0 Å². The van der Waals surface area contributed by atoms with Crippen LogP contribution in [-0.2, 0) is 7.05 Å². The van der Waals surface area contributed by atoms with Crippen molar-refractivity contribution in [3.63, 3.8) is 0 Å². The number of aryl methyl sites for hydroxylation is 1. The molecule has 0 bridgehead atoms. The molecular weight excluding hydrogens is 162 g/mol. The standard InChI is InChI=1S/C10H15N3/c1-13-6-11-12-10(13)9-7-4-2-3-5-8(7)9/h6-9H,2-5H2,1H3. The van der Waals surface area contributed by atoms with E-state index < -0.39 is 0 Å². The second-order valence-electron chi connectivity index (χ2n) is 4.44. The predicted octanol–water partition coefficient (Wildman–Crippen LogP) is 1.72. The average Bonchev–Trinajstić information content (AvgIpc) is 2.73. The Bertz CT molecular complexity index is 306. The molecule has 2 fully saturated rings. The highest BCUT2D eigenvalue weighted by Gasteiger charge is 2.53. The monoisotopic (exact) mass is 177 g/mol. The summed E-state index contributed by atoms with van der Waals surface area (Å²) >= 11 is 0. The molecule has 2 aliphatic carbocycles. The Kier molecular flexibility index (Phi) is 1.49. The second-order valence-corrected chi connectivity index (χ2v) is 4.44. The van der Waals surface area contributed by atoms with Gasteiger partial charge in [-0.15, -0.1) is 10.2 Å². The van der Waals surface area contributed by atoms with E-state index in [2.05, 4.69) is 21.8 Å². The lowest BCUT2D eigenvalue weighted by Gasteiger charge is -2.04. The highest BCUT2D eigenvalue weighted by Crippen LogP contribution is 2.60. The van der Waals surface area contributed by atoms with Gasteiger partial charge < -0.3 is 4.57 Å². The zero-order chi connectivity index (χ0) is 8.84. The smallest absolute Gasteiger partial charge is 0.136 e. The minimum absolute atomic E-state index is 0.745. The Morgan fingerprint density at radius 1 is 1.31 bits per heavy atom. The lowest BCUT2D eigenvalue weighted by atomic mass is 10.0. The van der Waals surface area contributed by atoms with E-state index in [-0.39, 0.29) is 0 Å². The fourth-order valence-corrected chi connectivity index (χ4v) is 2.97. The molecule has 0 N–H and O–H groups in total. The van der Waals surface area contributed by atoms with Crippen molar-refractivity contribution in [1.82, 2.24) is 14.8 Å². The van der Waals surface area contributed by atoms with E-state index in [0.717, 1.165) is 17.8 Å². The number of fused-ring (bicyclic) bond motifs is 1. The lowest BCUT2D eigenvalue weighted by molar-refractivity contribution is 0.480. The van der Waals surface area contributed by atoms with E-state index >= 15 is 0 Å². The first kappa shape index (κ1) is 7.54. The summed E-state index contributed by atoms with van der Waals surface area (Å²) in [6, 6.07) is 0. The van der Waals surface area contributed by atoms with Gasteiger partial charge in [-0.3, -0.25) is 0 Å². The molecule has 13 heavy (non-hydrogen) atoms. The molecule has 0 aromatic carbocycles. The summed E-state index contributed by atoms with van der Waals surface area (Å²) in [4.78, 5) is 0. The molecule has 0 amide bonds. The van der Waals surface area contributed by atoms with Crippen molar-refractivity contribution >= 4 is 0 Å². The Morgan fingerprint density at radius 3 is 2.54 bits per heavy atom. The van der Waals surface area contributed by atoms with Crippen LogP contribution >= 0.6 is 0 Å². The number of rotatable bonds is 1. The van der Waals surface area contributed by atoms with E-state index in [1.807, 2.05) is 6.33 Å². The summed E-state index contributed by atoms with van der Waals surface area (Å²) in [6.45, 7) is 0. The minimum Gasteiger partial charge on any atom is -0.320 e. The normalized spacial score (nSPS) is 37.2. The summed E-state index contributed by atoms with van der Waals surface area (Å²) < 4.78 is 2.09. The summed E-state index contributed by atoms with van der Waals surface area (Å²) in [7, 11) is 2.06. The third-order valence-corrected chi connectivity index (χ3v) is 3.70. The first-order chi connectivity index (χ1) is 6.38. The van der Waals surface area contributed by atoms with Crippen molar-refractivity contribution in [2.45, 2.75) is 31.6 Å². The maximum atomic E-state index is 4.21. The first-order valence-electron chi connectivity index (χ1n) is 5.22. The van der Waals surface area contributed by atoms with Gasteiger partial charge in [0.2, 0.25) is 0 Å². The van der Waals surface area contributed by atoms with E-state index in [0.29, 0.717) is 0 Å². The largest absolute Gasteiger partial charge is 0.320 e. The molecule has 3 rings (SSSR count). The Hall–Kier alpha value is -0.860. The van der Waals surface area contributed by atoms with Gasteiger partial charge in [-0.05, 0) is 24.7 Å². The topological polar surface area (TPSA) is 30.7 Å². The van der Waals surface area contributed by atoms with Crippen LogP contribution in [0.1, 0.15) is 37.4 Å². The molecular formula is C10H15N3. The minimum atomic E-state index is 0.745. The molecule has 3 heteroatoms. The molecule has 2 saturated carbocycles. The molecule has 0 radical (unpaired) electrons. The number of hydrogen-bond donors (Lipinski definition) is 0. The van der Waals surface area contributed by atoms with Crippen LogP contribution in [0.5, 0.6) is 0 Å². The Balaban J connectivity index is 1.85. The van der Waals surface area contributed by atoms with Crippen LogP contribution in [0.15, 0.2) is 6.33 Å². The third-order valence-electron chi connectivity index (χ3n) is 3.70. The van der Waals surface area contributed by atoms with Crippen molar-refractivity contribution in [2.75, 3.05) is 0 Å². The zero-order valence-corrected chi connectivity index (χ0v) is 7.98. The van der Waals surface area contributed by atoms with Crippen LogP contribution < -0.4 is 0 Å². The van der Waals surface area contributed by atoms with E-state index in [1.54, 1.807) is 0 Å². The van der Waals surface area contributed by atoms with Crippen LogP contribution in [0, 0.1) is 11.8 Å². The second kappa shape index (κ2) is 2.56. The van der Waals surface area contributed by atoms with E-state index in [1.165, 1.54) is 31.5 Å². The van der Waals surface area contributed by atoms with Gasteiger partial charge in [0.15, 0.2) is 0 Å². The van der Waals surface area contributed by atoms with Crippen molar-refractivity contribution in [1.29, 1.82) is 0 Å². The summed E-state index contributed by atoms with van der Waals surface area (Å²) in [5, 5.41) is 8.17. The molecule has 1 aromatic rings. The first-order valence-corrected chi connectivity index (χ1v) is 5.22. The van der Waals surface area contributed by atoms with E-state index in [9.17, 15) is 0 Å². The molecule has 1 heterocycles. The summed E-state index contributed by atoms with van der Waals surface area (Å²) in [5.74, 6) is 3.85. The summed E-state index contributed by atoms with van der Waals surface area (Å²) in [5.41, 5.74) is 0. The van der Waals surface area contributed by atoms with Gasteiger partial charge in [0, 0.05) is 13.0 Å². The molecule has 0 aliphatic heterocycles. The third kappa shape index (κ3) is 1.02. The molecule has 2 atom stereocenters. The molecule has 2 unspecified atom stereocenters. The van der Waals surface area contributed by atoms with Gasteiger partial charge in [-0.2, -0.15) is 0 Å². The SMILES string of the molecule is Cn1cnnc1C1C2CCCCC21. The molecule has 0 saturated heterocycles. The molecule has 1 aromatic heterocycles. The van der Waals surface area contributed by atoms with Gasteiger partial charge >= 0.3 is 0 Å². The maximum absolute atomic E-state index is 4.21. The van der Waals surface area contributed by atoms with Crippen LogP contribution in [0.25, 0.3) is 0 Å². The van der Waals surface area contributed by atoms with Gasteiger partial charge in [0.1, 0.15) is 12.2 Å². The van der Waals surface area contributed by atoms with Crippen LogP contribution in [0.4, 0.5) is 0 Å². The highest BCUT2D eigenvalue weighted by molar-refractivity contribution is 5.16. The lowest BCUT2D eigenvalue weighted by Crippen LogP contribution is -1.96. The quantitative estimate of drug-likeness (QED) is 0.654. The zero-order valence-electron chi connectivity index (χ0n) is 7.98. The van der Waals surface area contributed by atoms with Crippen molar-refractivity contribution in [3.05, 3.63) is 12.2 Å². The molecule has 2 aliphatic rings. The fourth-order valence-electron chi connectivity index (χ4n) is 2.97. The van der Waals surface area contributed by atoms with Crippen LogP contribution in [-0.4, -0.2) is 14.8 Å². The fraction of sp³-hybridized carbons (Fsp3) is 0.800. The maximum Gasteiger partial charge on any atom is 0.136 e. The molecule has 3 nitrogen and oxygen atoms in total. The van der Waals surface area contributed by atoms with E-state index in [4.69, 9.17) is 0 Å². The number of nitrogens with zero attached hydrogens (tertiary/aromatic N) is 3. The van der Waals surface area contributed by atoms with Crippen molar-refractivity contribution < 1.29 is 0 Å². The van der Waals surface area contributed by atoms with Crippen LogP contribution in [0.2, 0.25) is 0 Å². The van der Waals surface area contributed by atoms with Crippen LogP contribution in [0.3, 0.4) is 0 Å². The number of aromatic nitrogens is 3. The molecule has 0 spiro atoms. The highest BCUT2D eigenvalue weighted by atomic mass is 15.3. The van der Waals surface area contributed by atoms with Gasteiger partial charge in [-0.1, -0.05) is 12.8 Å².